The molecule has 0 saturated heterocycles. The zero-order valence-electron chi connectivity index (χ0n) is 9.92. The summed E-state index contributed by atoms with van der Waals surface area (Å²) in [5, 5.41) is 1.45. The van der Waals surface area contributed by atoms with E-state index < -0.39 is 22.4 Å². The zero-order chi connectivity index (χ0) is 14.8. The molecule has 2 rings (SSSR count). The van der Waals surface area contributed by atoms with Gasteiger partial charge in [-0.2, -0.15) is 21.6 Å². The van der Waals surface area contributed by atoms with E-state index in [0.29, 0.717) is 5.39 Å². The van der Waals surface area contributed by atoms with Gasteiger partial charge in [0.1, 0.15) is 5.75 Å². The van der Waals surface area contributed by atoms with Crippen LogP contribution in [0.2, 0.25) is 0 Å². The number of benzene rings is 2. The molecule has 0 N–H and O–H groups in total. The minimum absolute atomic E-state index is 0.237. The Morgan fingerprint density at radius 2 is 1.65 bits per heavy atom. The molecule has 0 radical (unpaired) electrons. The van der Waals surface area contributed by atoms with Crippen LogP contribution in [0.3, 0.4) is 0 Å². The first kappa shape index (κ1) is 14.6. The predicted octanol–water partition coefficient (Wildman–Crippen LogP) is 3.04. The number of halogens is 3. The molecule has 0 heterocycles. The molecular weight excluding hydrogens is 297 g/mol. The monoisotopic (exact) mass is 306 g/mol. The number of hydrogen-bond donors (Lipinski definition) is 0. The van der Waals surface area contributed by atoms with Gasteiger partial charge in [0, 0.05) is 5.39 Å². The highest BCUT2D eigenvalue weighted by Crippen LogP contribution is 2.27. The fourth-order valence-corrected chi connectivity index (χ4v) is 1.85. The minimum Gasteiger partial charge on any atom is -0.466 e. The van der Waals surface area contributed by atoms with Crippen molar-refractivity contribution in [1.29, 1.82) is 0 Å². The van der Waals surface area contributed by atoms with E-state index in [9.17, 15) is 21.6 Å². The molecular formula is C12H9F3O4S. The van der Waals surface area contributed by atoms with Gasteiger partial charge in [0.15, 0.2) is 0 Å². The van der Waals surface area contributed by atoms with Crippen molar-refractivity contribution in [2.75, 3.05) is 6.79 Å². The van der Waals surface area contributed by atoms with Gasteiger partial charge in [0.2, 0.25) is 6.79 Å². The van der Waals surface area contributed by atoms with Crippen LogP contribution in [-0.4, -0.2) is 20.7 Å². The number of hydrogen-bond acceptors (Lipinski definition) is 4. The van der Waals surface area contributed by atoms with Crippen molar-refractivity contribution in [3.63, 3.8) is 0 Å². The standard InChI is InChI=1S/C12H9F3O4S/c13-12(14,15)20(16,17)19-8-18-11-7-3-5-9-4-1-2-6-10(9)11/h1-7H,8H2. The lowest BCUT2D eigenvalue weighted by Crippen LogP contribution is -2.27. The summed E-state index contributed by atoms with van der Waals surface area (Å²) in [7, 11) is -5.65. The third-order valence-electron chi connectivity index (χ3n) is 2.45. The second-order valence-corrected chi connectivity index (χ2v) is 5.36. The van der Waals surface area contributed by atoms with Crippen molar-refractivity contribution in [2.45, 2.75) is 5.51 Å². The molecule has 0 saturated carbocycles. The Morgan fingerprint density at radius 1 is 1.00 bits per heavy atom. The molecule has 20 heavy (non-hydrogen) atoms. The Kier molecular flexibility index (Phi) is 3.87. The molecule has 0 unspecified atom stereocenters. The van der Waals surface area contributed by atoms with Crippen molar-refractivity contribution < 1.29 is 30.5 Å². The summed E-state index contributed by atoms with van der Waals surface area (Å²) in [5.41, 5.74) is -5.46. The first-order chi connectivity index (χ1) is 9.31. The average Bonchev–Trinajstić information content (AvgIpc) is 2.37. The number of alkyl halides is 3. The van der Waals surface area contributed by atoms with E-state index in [2.05, 4.69) is 4.18 Å². The largest absolute Gasteiger partial charge is 0.523 e. The second kappa shape index (κ2) is 5.29. The maximum Gasteiger partial charge on any atom is 0.523 e. The smallest absolute Gasteiger partial charge is 0.466 e. The molecule has 0 bridgehead atoms. The van der Waals surface area contributed by atoms with Crippen LogP contribution >= 0.6 is 0 Å². The Morgan fingerprint density at radius 3 is 2.35 bits per heavy atom. The van der Waals surface area contributed by atoms with Gasteiger partial charge in [-0.3, -0.25) is 0 Å². The number of fused-ring (bicyclic) bond motifs is 1. The Balaban J connectivity index is 2.11. The van der Waals surface area contributed by atoms with Crippen molar-refractivity contribution >= 4 is 20.9 Å². The minimum atomic E-state index is -5.65. The quantitative estimate of drug-likeness (QED) is 0.495. The van der Waals surface area contributed by atoms with E-state index in [-0.39, 0.29) is 5.75 Å². The summed E-state index contributed by atoms with van der Waals surface area (Å²) < 4.78 is 66.2. The van der Waals surface area contributed by atoms with Crippen LogP contribution < -0.4 is 4.74 Å². The van der Waals surface area contributed by atoms with Crippen molar-refractivity contribution in [3.8, 4) is 5.75 Å². The third-order valence-corrected chi connectivity index (χ3v) is 3.42. The van der Waals surface area contributed by atoms with E-state index in [0.717, 1.165) is 5.39 Å². The molecule has 4 nitrogen and oxygen atoms in total. The van der Waals surface area contributed by atoms with Crippen LogP contribution in [0.5, 0.6) is 5.75 Å². The van der Waals surface area contributed by atoms with Crippen LogP contribution in [0.4, 0.5) is 13.2 Å². The normalized spacial score (nSPS) is 12.6. The van der Waals surface area contributed by atoms with Gasteiger partial charge in [-0.1, -0.05) is 36.4 Å². The Bertz CT molecular complexity index is 705. The van der Waals surface area contributed by atoms with Crippen LogP contribution in [0.1, 0.15) is 0 Å². The molecule has 0 aliphatic rings. The fourth-order valence-electron chi connectivity index (χ4n) is 1.54. The summed E-state index contributed by atoms with van der Waals surface area (Å²) in [6, 6.07) is 11.9. The van der Waals surface area contributed by atoms with Gasteiger partial charge in [0.25, 0.3) is 0 Å². The lowest BCUT2D eigenvalue weighted by atomic mass is 10.1. The van der Waals surface area contributed by atoms with Gasteiger partial charge in [-0.05, 0) is 11.5 Å². The van der Waals surface area contributed by atoms with Crippen molar-refractivity contribution in [2.24, 2.45) is 0 Å². The Hall–Kier alpha value is -1.80. The maximum atomic E-state index is 12.0. The fraction of sp³-hybridized carbons (Fsp3) is 0.167. The molecule has 0 aliphatic carbocycles. The predicted molar refractivity (Wildman–Crippen MR) is 65.5 cm³/mol. The van der Waals surface area contributed by atoms with Gasteiger partial charge in [-0.15, -0.1) is 0 Å². The first-order valence-corrected chi connectivity index (χ1v) is 6.78. The lowest BCUT2D eigenvalue weighted by Gasteiger charge is -2.11. The second-order valence-electron chi connectivity index (χ2n) is 3.76. The van der Waals surface area contributed by atoms with Gasteiger partial charge < -0.3 is 4.74 Å². The molecule has 0 fully saturated rings. The molecule has 0 atom stereocenters. The lowest BCUT2D eigenvalue weighted by molar-refractivity contribution is -0.0588. The molecule has 0 aromatic heterocycles. The van der Waals surface area contributed by atoms with E-state index >= 15 is 0 Å². The molecule has 0 aliphatic heterocycles. The topological polar surface area (TPSA) is 52.6 Å². The van der Waals surface area contributed by atoms with Crippen molar-refractivity contribution in [1.82, 2.24) is 0 Å². The van der Waals surface area contributed by atoms with Gasteiger partial charge in [0.05, 0.1) is 0 Å². The Labute approximate surface area is 112 Å². The van der Waals surface area contributed by atoms with Gasteiger partial charge in [-0.25, -0.2) is 4.18 Å². The van der Waals surface area contributed by atoms with Gasteiger partial charge >= 0.3 is 15.6 Å². The van der Waals surface area contributed by atoms with Crippen molar-refractivity contribution in [3.05, 3.63) is 42.5 Å². The molecule has 0 spiro atoms. The molecule has 2 aromatic carbocycles. The highest BCUT2D eigenvalue weighted by Gasteiger charge is 2.47. The van der Waals surface area contributed by atoms with Crippen LogP contribution in [0.15, 0.2) is 42.5 Å². The molecule has 108 valence electrons. The molecule has 8 heteroatoms. The summed E-state index contributed by atoms with van der Waals surface area (Å²) in [6.07, 6.45) is 0. The average molecular weight is 306 g/mol. The number of ether oxygens (including phenoxy) is 1. The zero-order valence-corrected chi connectivity index (χ0v) is 10.7. The van der Waals surface area contributed by atoms with E-state index in [1.54, 1.807) is 36.4 Å². The van der Waals surface area contributed by atoms with E-state index in [1.807, 2.05) is 0 Å². The third kappa shape index (κ3) is 3.02. The van der Waals surface area contributed by atoms with E-state index in [1.165, 1.54) is 6.07 Å². The number of rotatable bonds is 4. The molecule has 0 amide bonds. The summed E-state index contributed by atoms with van der Waals surface area (Å²) >= 11 is 0. The highest BCUT2D eigenvalue weighted by atomic mass is 32.2. The molecule has 2 aromatic rings. The van der Waals surface area contributed by atoms with Crippen LogP contribution in [0.25, 0.3) is 10.8 Å². The summed E-state index contributed by atoms with van der Waals surface area (Å²) in [6.45, 7) is -1.05. The van der Waals surface area contributed by atoms with Crippen LogP contribution in [0, 0.1) is 0 Å². The van der Waals surface area contributed by atoms with Crippen LogP contribution in [-0.2, 0) is 14.3 Å². The maximum absolute atomic E-state index is 12.0. The highest BCUT2D eigenvalue weighted by molar-refractivity contribution is 7.87. The summed E-state index contributed by atoms with van der Waals surface area (Å²) in [4.78, 5) is 0. The SMILES string of the molecule is O=S(=O)(OCOc1cccc2ccccc12)C(F)(F)F. The van der Waals surface area contributed by atoms with E-state index in [4.69, 9.17) is 4.74 Å². The summed E-state index contributed by atoms with van der Waals surface area (Å²) in [5.74, 6) is 0.237. The first-order valence-electron chi connectivity index (χ1n) is 5.37.